The molecule has 1 aliphatic heterocycles. The van der Waals surface area contributed by atoms with Crippen molar-refractivity contribution in [2.75, 3.05) is 48.4 Å². The number of hydrogen-bond donors (Lipinski definition) is 2. The number of nitrogens with zero attached hydrogens (tertiary/aromatic N) is 2. The van der Waals surface area contributed by atoms with Crippen LogP contribution >= 0.6 is 0 Å². The lowest BCUT2D eigenvalue weighted by Gasteiger charge is -2.38. The van der Waals surface area contributed by atoms with E-state index in [2.05, 4.69) is 26.5 Å². The minimum atomic E-state index is -0.484. The highest BCUT2D eigenvalue weighted by molar-refractivity contribution is 6.03. The van der Waals surface area contributed by atoms with Crippen LogP contribution in [-0.4, -0.2) is 51.1 Å². The van der Waals surface area contributed by atoms with Crippen molar-refractivity contribution in [1.29, 1.82) is 0 Å². The number of ether oxygens (including phenoxy) is 1. The summed E-state index contributed by atoms with van der Waals surface area (Å²) in [7, 11) is 1.69. The van der Waals surface area contributed by atoms with E-state index >= 15 is 0 Å². The average Bonchev–Trinajstić information content (AvgIpc) is 3.06. The lowest BCUT2D eigenvalue weighted by atomic mass is 9.90. The molecule has 0 bridgehead atoms. The predicted octanol–water partition coefficient (Wildman–Crippen LogP) is 6.32. The number of rotatable bonds is 10. The Bertz CT molecular complexity index is 1480. The quantitative estimate of drug-likeness (QED) is 0.231. The van der Waals surface area contributed by atoms with Crippen molar-refractivity contribution in [3.8, 4) is 5.75 Å². The maximum atomic E-state index is 13.8. The molecule has 5 rings (SSSR count). The first-order valence-corrected chi connectivity index (χ1v) is 15.0. The van der Waals surface area contributed by atoms with Crippen LogP contribution in [-0.2, 0) is 4.79 Å². The van der Waals surface area contributed by atoms with Crippen LogP contribution in [0.5, 0.6) is 5.75 Å². The van der Waals surface area contributed by atoms with Crippen molar-refractivity contribution in [2.45, 2.75) is 32.2 Å². The standard InChI is InChI=1S/C36H40N4O3/c1-4-26(2)37-35(41)30-25-29(38-36(42)34(27-13-7-5-8-14-27)28-15-9-6-10-16-28)19-20-31(30)39-21-23-40(24-22-39)32-17-11-12-18-33(32)43-3/h5-20,25-26,34H,4,21-24H2,1-3H3,(H,37,41)(H,38,42)/t26-/m1/s1. The summed E-state index contributed by atoms with van der Waals surface area (Å²) in [5.74, 6) is 0.0793. The predicted molar refractivity (Wildman–Crippen MR) is 174 cm³/mol. The summed E-state index contributed by atoms with van der Waals surface area (Å²) in [5.41, 5.74) is 4.90. The molecule has 0 unspecified atom stereocenters. The molecule has 4 aromatic carbocycles. The van der Waals surface area contributed by atoms with Crippen LogP contribution in [0.15, 0.2) is 103 Å². The lowest BCUT2D eigenvalue weighted by Crippen LogP contribution is -2.47. The molecule has 0 spiro atoms. The van der Waals surface area contributed by atoms with Gasteiger partial charge in [-0.3, -0.25) is 9.59 Å². The molecule has 2 N–H and O–H groups in total. The monoisotopic (exact) mass is 576 g/mol. The second-order valence-corrected chi connectivity index (χ2v) is 10.9. The average molecular weight is 577 g/mol. The summed E-state index contributed by atoms with van der Waals surface area (Å²) in [6.45, 7) is 7.13. The smallest absolute Gasteiger partial charge is 0.253 e. The Morgan fingerprint density at radius 3 is 1.91 bits per heavy atom. The van der Waals surface area contributed by atoms with Crippen molar-refractivity contribution >= 4 is 28.9 Å². The highest BCUT2D eigenvalue weighted by atomic mass is 16.5. The second-order valence-electron chi connectivity index (χ2n) is 10.9. The van der Waals surface area contributed by atoms with Crippen LogP contribution in [0.25, 0.3) is 0 Å². The topological polar surface area (TPSA) is 73.9 Å². The Kier molecular flexibility index (Phi) is 9.62. The Balaban J connectivity index is 1.40. The fraction of sp³-hybridized carbons (Fsp3) is 0.278. The van der Waals surface area contributed by atoms with Gasteiger partial charge in [-0.2, -0.15) is 0 Å². The summed E-state index contributed by atoms with van der Waals surface area (Å²) in [6.07, 6.45) is 0.824. The molecule has 7 heteroatoms. The summed E-state index contributed by atoms with van der Waals surface area (Å²) < 4.78 is 5.58. The van der Waals surface area contributed by atoms with Gasteiger partial charge in [-0.05, 0) is 54.8 Å². The van der Waals surface area contributed by atoms with E-state index in [0.717, 1.165) is 60.9 Å². The zero-order valence-electron chi connectivity index (χ0n) is 25.1. The third-order valence-corrected chi connectivity index (χ3v) is 8.07. The first-order chi connectivity index (χ1) is 21.0. The van der Waals surface area contributed by atoms with Gasteiger partial charge in [-0.1, -0.05) is 79.7 Å². The lowest BCUT2D eigenvalue weighted by molar-refractivity contribution is -0.116. The van der Waals surface area contributed by atoms with Crippen LogP contribution in [0.2, 0.25) is 0 Å². The van der Waals surface area contributed by atoms with E-state index in [0.29, 0.717) is 11.3 Å². The first-order valence-electron chi connectivity index (χ1n) is 15.0. The minimum Gasteiger partial charge on any atom is -0.495 e. The van der Waals surface area contributed by atoms with Gasteiger partial charge in [0.05, 0.1) is 24.3 Å². The van der Waals surface area contributed by atoms with Gasteiger partial charge in [0, 0.05) is 43.6 Å². The molecular weight excluding hydrogens is 536 g/mol. The van der Waals surface area contributed by atoms with Crippen molar-refractivity contribution in [3.63, 3.8) is 0 Å². The zero-order valence-corrected chi connectivity index (χ0v) is 25.1. The summed E-state index contributed by atoms with van der Waals surface area (Å²) in [6, 6.07) is 33.3. The SMILES string of the molecule is CC[C@@H](C)NC(=O)c1cc(NC(=O)C(c2ccccc2)c2ccccc2)ccc1N1CCN(c2ccccc2OC)CC1. The number of benzene rings is 4. The maximum absolute atomic E-state index is 13.8. The largest absolute Gasteiger partial charge is 0.495 e. The van der Waals surface area contributed by atoms with Crippen molar-refractivity contribution in [3.05, 3.63) is 120 Å². The number of hydrogen-bond acceptors (Lipinski definition) is 5. The molecule has 4 aromatic rings. The number of anilines is 3. The summed E-state index contributed by atoms with van der Waals surface area (Å²) in [5, 5.41) is 6.24. The molecule has 1 saturated heterocycles. The van der Waals surface area contributed by atoms with Crippen molar-refractivity contribution < 1.29 is 14.3 Å². The van der Waals surface area contributed by atoms with Gasteiger partial charge in [0.2, 0.25) is 5.91 Å². The molecule has 0 saturated carbocycles. The van der Waals surface area contributed by atoms with Gasteiger partial charge in [0.25, 0.3) is 5.91 Å². The molecule has 0 aromatic heterocycles. The van der Waals surface area contributed by atoms with E-state index in [-0.39, 0.29) is 17.9 Å². The van der Waals surface area contributed by atoms with E-state index in [4.69, 9.17) is 4.74 Å². The number of para-hydroxylation sites is 2. The Hall–Kier alpha value is -4.78. The number of amides is 2. The van der Waals surface area contributed by atoms with Crippen LogP contribution in [0.3, 0.4) is 0 Å². The van der Waals surface area contributed by atoms with Crippen LogP contribution in [0.4, 0.5) is 17.1 Å². The summed E-state index contributed by atoms with van der Waals surface area (Å²) >= 11 is 0. The van der Waals surface area contributed by atoms with Gasteiger partial charge >= 0.3 is 0 Å². The van der Waals surface area contributed by atoms with Crippen LogP contribution in [0, 0.1) is 0 Å². The third-order valence-electron chi connectivity index (χ3n) is 8.07. The fourth-order valence-electron chi connectivity index (χ4n) is 5.55. The molecule has 43 heavy (non-hydrogen) atoms. The third kappa shape index (κ3) is 7.00. The van der Waals surface area contributed by atoms with Gasteiger partial charge in [0.1, 0.15) is 5.75 Å². The van der Waals surface area contributed by atoms with E-state index in [1.807, 2.05) is 111 Å². The first kappa shape index (κ1) is 29.7. The second kappa shape index (κ2) is 13.9. The number of methoxy groups -OCH3 is 1. The molecule has 2 amide bonds. The van der Waals surface area contributed by atoms with Gasteiger partial charge in [-0.25, -0.2) is 0 Å². The fourth-order valence-corrected chi connectivity index (χ4v) is 5.55. The Morgan fingerprint density at radius 1 is 0.767 bits per heavy atom. The van der Waals surface area contributed by atoms with E-state index in [1.54, 1.807) is 7.11 Å². The minimum absolute atomic E-state index is 0.0292. The highest BCUT2D eigenvalue weighted by Crippen LogP contribution is 2.32. The number of carbonyl (C=O) groups is 2. The van der Waals surface area contributed by atoms with Gasteiger partial charge in [-0.15, -0.1) is 0 Å². The van der Waals surface area contributed by atoms with E-state index < -0.39 is 5.92 Å². The van der Waals surface area contributed by atoms with E-state index in [1.165, 1.54) is 0 Å². The Morgan fingerprint density at radius 2 is 1.33 bits per heavy atom. The molecule has 7 nitrogen and oxygen atoms in total. The number of piperazine rings is 1. The summed E-state index contributed by atoms with van der Waals surface area (Å²) in [4.78, 5) is 31.9. The molecule has 0 radical (unpaired) electrons. The molecule has 1 fully saturated rings. The van der Waals surface area contributed by atoms with Crippen molar-refractivity contribution in [1.82, 2.24) is 5.32 Å². The van der Waals surface area contributed by atoms with Gasteiger partial charge in [0.15, 0.2) is 0 Å². The van der Waals surface area contributed by atoms with Crippen LogP contribution < -0.4 is 25.2 Å². The molecule has 1 heterocycles. The molecular formula is C36H40N4O3. The number of carbonyl (C=O) groups excluding carboxylic acids is 2. The zero-order chi connectivity index (χ0) is 30.2. The van der Waals surface area contributed by atoms with Crippen LogP contribution in [0.1, 0.15) is 47.7 Å². The molecule has 1 atom stereocenters. The molecule has 1 aliphatic rings. The molecule has 222 valence electrons. The number of nitrogens with one attached hydrogen (secondary N) is 2. The highest BCUT2D eigenvalue weighted by Gasteiger charge is 2.26. The normalized spacial score (nSPS) is 13.9. The van der Waals surface area contributed by atoms with E-state index in [9.17, 15) is 9.59 Å². The maximum Gasteiger partial charge on any atom is 0.253 e. The van der Waals surface area contributed by atoms with Crippen molar-refractivity contribution in [2.24, 2.45) is 0 Å². The van der Waals surface area contributed by atoms with Gasteiger partial charge < -0.3 is 25.2 Å². The molecule has 0 aliphatic carbocycles. The Labute approximate surface area is 254 Å².